The van der Waals surface area contributed by atoms with Gasteiger partial charge in [0.15, 0.2) is 5.79 Å². The lowest BCUT2D eigenvalue weighted by Crippen LogP contribution is -2.35. The highest BCUT2D eigenvalue weighted by Crippen LogP contribution is 2.19. The molecule has 0 unspecified atom stereocenters. The minimum absolute atomic E-state index is 0.339. The Morgan fingerprint density at radius 1 is 1.50 bits per heavy atom. The van der Waals surface area contributed by atoms with Gasteiger partial charge in [-0.3, -0.25) is 0 Å². The normalized spacial score (nSPS) is 20.4. The summed E-state index contributed by atoms with van der Waals surface area (Å²) in [6, 6.07) is 0. The Bertz CT molecular complexity index is 231. The average molecular weight is 200 g/mol. The van der Waals surface area contributed by atoms with Gasteiger partial charge < -0.3 is 14.2 Å². The van der Waals surface area contributed by atoms with Crippen molar-refractivity contribution in [2.24, 2.45) is 0 Å². The fourth-order valence-corrected chi connectivity index (χ4v) is 1.05. The van der Waals surface area contributed by atoms with Crippen LogP contribution in [0.4, 0.5) is 0 Å². The molecule has 0 aromatic carbocycles. The molecule has 1 heterocycles. The Kier molecular flexibility index (Phi) is 3.66. The maximum Gasteiger partial charge on any atom is 0.330 e. The lowest BCUT2D eigenvalue weighted by atomic mass is 10.2. The van der Waals surface area contributed by atoms with Gasteiger partial charge in [0.25, 0.3) is 0 Å². The third kappa shape index (κ3) is 3.47. The SMILES string of the molecule is CCOC(=O)C=C1COC(C)(C)OC1. The van der Waals surface area contributed by atoms with Gasteiger partial charge in [0, 0.05) is 6.08 Å². The first-order valence-corrected chi connectivity index (χ1v) is 4.67. The molecule has 4 heteroatoms. The van der Waals surface area contributed by atoms with Gasteiger partial charge in [0.05, 0.1) is 19.8 Å². The standard InChI is InChI=1S/C10H16O4/c1-4-12-9(11)5-8-6-13-10(2,3)14-7-8/h5H,4,6-7H2,1-3H3. The molecule has 1 saturated heterocycles. The summed E-state index contributed by atoms with van der Waals surface area (Å²) in [7, 11) is 0. The van der Waals surface area contributed by atoms with Crippen LogP contribution in [0.2, 0.25) is 0 Å². The lowest BCUT2D eigenvalue weighted by molar-refractivity contribution is -0.225. The maximum absolute atomic E-state index is 11.1. The molecule has 0 spiro atoms. The van der Waals surface area contributed by atoms with E-state index in [1.54, 1.807) is 6.92 Å². The van der Waals surface area contributed by atoms with Crippen molar-refractivity contribution in [1.29, 1.82) is 0 Å². The van der Waals surface area contributed by atoms with Crippen LogP contribution in [0.5, 0.6) is 0 Å². The zero-order valence-corrected chi connectivity index (χ0v) is 8.83. The molecule has 0 saturated carbocycles. The molecule has 0 bridgehead atoms. The smallest absolute Gasteiger partial charge is 0.330 e. The summed E-state index contributed by atoms with van der Waals surface area (Å²) >= 11 is 0. The molecular formula is C10H16O4. The van der Waals surface area contributed by atoms with E-state index in [0.29, 0.717) is 19.8 Å². The molecule has 0 radical (unpaired) electrons. The summed E-state index contributed by atoms with van der Waals surface area (Å²) in [6.45, 7) is 6.68. The van der Waals surface area contributed by atoms with E-state index in [0.717, 1.165) is 5.57 Å². The fraction of sp³-hybridized carbons (Fsp3) is 0.700. The molecule has 1 fully saturated rings. The van der Waals surface area contributed by atoms with Gasteiger partial charge in [-0.25, -0.2) is 4.79 Å². The second-order valence-corrected chi connectivity index (χ2v) is 3.53. The molecule has 4 nitrogen and oxygen atoms in total. The van der Waals surface area contributed by atoms with E-state index in [1.165, 1.54) is 6.08 Å². The van der Waals surface area contributed by atoms with Crippen molar-refractivity contribution >= 4 is 5.97 Å². The highest BCUT2D eigenvalue weighted by Gasteiger charge is 2.25. The molecular weight excluding hydrogens is 184 g/mol. The Morgan fingerprint density at radius 3 is 2.57 bits per heavy atom. The van der Waals surface area contributed by atoms with E-state index in [2.05, 4.69) is 0 Å². The van der Waals surface area contributed by atoms with Crippen molar-refractivity contribution in [2.75, 3.05) is 19.8 Å². The second kappa shape index (κ2) is 4.57. The van der Waals surface area contributed by atoms with Gasteiger partial charge in [-0.2, -0.15) is 0 Å². The molecule has 1 rings (SSSR count). The topological polar surface area (TPSA) is 44.8 Å². The fourth-order valence-electron chi connectivity index (χ4n) is 1.05. The minimum atomic E-state index is -0.550. The number of carbonyl (C=O) groups is 1. The number of esters is 1. The number of carbonyl (C=O) groups excluding carboxylic acids is 1. The van der Waals surface area contributed by atoms with Crippen molar-refractivity contribution in [3.05, 3.63) is 11.6 Å². The van der Waals surface area contributed by atoms with Crippen molar-refractivity contribution in [2.45, 2.75) is 26.6 Å². The zero-order chi connectivity index (χ0) is 10.6. The van der Waals surface area contributed by atoms with E-state index in [4.69, 9.17) is 14.2 Å². The Morgan fingerprint density at radius 2 is 2.07 bits per heavy atom. The van der Waals surface area contributed by atoms with Gasteiger partial charge in [0.2, 0.25) is 0 Å². The van der Waals surface area contributed by atoms with Crippen LogP contribution in [-0.2, 0) is 19.0 Å². The molecule has 0 aliphatic carbocycles. The molecule has 1 aliphatic heterocycles. The van der Waals surface area contributed by atoms with Gasteiger partial charge >= 0.3 is 5.97 Å². The van der Waals surface area contributed by atoms with E-state index in [-0.39, 0.29) is 5.97 Å². The van der Waals surface area contributed by atoms with E-state index in [9.17, 15) is 4.79 Å². The molecule has 0 atom stereocenters. The van der Waals surface area contributed by atoms with Crippen LogP contribution in [0.25, 0.3) is 0 Å². The highest BCUT2D eigenvalue weighted by atomic mass is 16.7. The van der Waals surface area contributed by atoms with Crippen LogP contribution in [0.1, 0.15) is 20.8 Å². The Hall–Kier alpha value is -0.870. The summed E-state index contributed by atoms with van der Waals surface area (Å²) < 4.78 is 15.5. The number of hydrogen-bond donors (Lipinski definition) is 0. The van der Waals surface area contributed by atoms with Gasteiger partial charge in [-0.1, -0.05) is 0 Å². The Labute approximate surface area is 83.8 Å². The van der Waals surface area contributed by atoms with Crippen molar-refractivity contribution in [3.8, 4) is 0 Å². The van der Waals surface area contributed by atoms with Crippen LogP contribution < -0.4 is 0 Å². The average Bonchev–Trinajstić information content (AvgIpc) is 2.09. The Balaban J connectivity index is 2.45. The number of ether oxygens (including phenoxy) is 3. The first-order chi connectivity index (χ1) is 6.53. The summed E-state index contributed by atoms with van der Waals surface area (Å²) in [4.78, 5) is 11.1. The molecule has 1 aliphatic rings. The summed E-state index contributed by atoms with van der Waals surface area (Å²) in [5.41, 5.74) is 0.808. The van der Waals surface area contributed by atoms with Crippen LogP contribution in [0.15, 0.2) is 11.6 Å². The lowest BCUT2D eigenvalue weighted by Gasteiger charge is -2.31. The molecule has 0 amide bonds. The number of rotatable bonds is 2. The quantitative estimate of drug-likeness (QED) is 0.497. The number of hydrogen-bond acceptors (Lipinski definition) is 4. The zero-order valence-electron chi connectivity index (χ0n) is 8.83. The molecule has 0 N–H and O–H groups in total. The van der Waals surface area contributed by atoms with Crippen molar-refractivity contribution < 1.29 is 19.0 Å². The highest BCUT2D eigenvalue weighted by molar-refractivity contribution is 5.82. The van der Waals surface area contributed by atoms with E-state index < -0.39 is 5.79 Å². The maximum atomic E-state index is 11.1. The van der Waals surface area contributed by atoms with Gasteiger partial charge in [-0.05, 0) is 26.3 Å². The predicted octanol–water partition coefficient (Wildman–Crippen LogP) is 1.26. The van der Waals surface area contributed by atoms with Gasteiger partial charge in [-0.15, -0.1) is 0 Å². The monoisotopic (exact) mass is 200 g/mol. The van der Waals surface area contributed by atoms with Crippen molar-refractivity contribution in [1.82, 2.24) is 0 Å². The first-order valence-electron chi connectivity index (χ1n) is 4.67. The molecule has 0 aromatic heterocycles. The van der Waals surface area contributed by atoms with Crippen LogP contribution >= 0.6 is 0 Å². The molecule has 0 aromatic rings. The van der Waals surface area contributed by atoms with Crippen LogP contribution in [0.3, 0.4) is 0 Å². The van der Waals surface area contributed by atoms with E-state index >= 15 is 0 Å². The minimum Gasteiger partial charge on any atom is -0.463 e. The van der Waals surface area contributed by atoms with Gasteiger partial charge in [0.1, 0.15) is 0 Å². The van der Waals surface area contributed by atoms with Crippen LogP contribution in [-0.4, -0.2) is 31.6 Å². The second-order valence-electron chi connectivity index (χ2n) is 3.53. The largest absolute Gasteiger partial charge is 0.463 e. The van der Waals surface area contributed by atoms with E-state index in [1.807, 2.05) is 13.8 Å². The predicted molar refractivity (Wildman–Crippen MR) is 50.7 cm³/mol. The molecule has 80 valence electrons. The first kappa shape index (κ1) is 11.2. The van der Waals surface area contributed by atoms with Crippen LogP contribution in [0, 0.1) is 0 Å². The molecule has 14 heavy (non-hydrogen) atoms. The van der Waals surface area contributed by atoms with Crippen molar-refractivity contribution in [3.63, 3.8) is 0 Å². The third-order valence-electron chi connectivity index (χ3n) is 1.82. The summed E-state index contributed by atoms with van der Waals surface area (Å²) in [5, 5.41) is 0. The third-order valence-corrected chi connectivity index (χ3v) is 1.82. The summed E-state index contributed by atoms with van der Waals surface area (Å²) in [5.74, 6) is -0.888. The summed E-state index contributed by atoms with van der Waals surface area (Å²) in [6.07, 6.45) is 1.43.